The highest BCUT2D eigenvalue weighted by atomic mass is 16.5. The molecule has 102 valence electrons. The fourth-order valence-corrected chi connectivity index (χ4v) is 2.24. The normalized spacial score (nSPS) is 14.3. The lowest BCUT2D eigenvalue weighted by Gasteiger charge is -2.23. The Kier molecular flexibility index (Phi) is 6.16. The SMILES string of the molecule is CCCC(OC)C(N)Cc1cc(C)ccc1OC. The van der Waals surface area contributed by atoms with Crippen LogP contribution >= 0.6 is 0 Å². The summed E-state index contributed by atoms with van der Waals surface area (Å²) in [4.78, 5) is 0. The molecule has 0 aromatic heterocycles. The number of methoxy groups -OCH3 is 2. The third kappa shape index (κ3) is 4.00. The molecule has 0 aliphatic heterocycles. The van der Waals surface area contributed by atoms with Gasteiger partial charge in [-0.15, -0.1) is 0 Å². The van der Waals surface area contributed by atoms with Gasteiger partial charge in [-0.25, -0.2) is 0 Å². The Labute approximate surface area is 110 Å². The van der Waals surface area contributed by atoms with E-state index in [9.17, 15) is 0 Å². The lowest BCUT2D eigenvalue weighted by Crippen LogP contribution is -2.38. The minimum atomic E-state index is 0.00523. The third-order valence-corrected chi connectivity index (χ3v) is 3.25. The maximum atomic E-state index is 6.24. The zero-order valence-corrected chi connectivity index (χ0v) is 11.9. The predicted octanol–water partition coefficient (Wildman–Crippen LogP) is 2.69. The molecule has 0 heterocycles. The number of rotatable bonds is 7. The van der Waals surface area contributed by atoms with Gasteiger partial charge in [0.15, 0.2) is 0 Å². The lowest BCUT2D eigenvalue weighted by molar-refractivity contribution is 0.0725. The first-order valence-corrected chi connectivity index (χ1v) is 6.54. The van der Waals surface area contributed by atoms with Gasteiger partial charge in [0.25, 0.3) is 0 Å². The van der Waals surface area contributed by atoms with Crippen molar-refractivity contribution in [1.29, 1.82) is 0 Å². The average Bonchev–Trinajstić information content (AvgIpc) is 2.36. The van der Waals surface area contributed by atoms with Gasteiger partial charge in [0.2, 0.25) is 0 Å². The van der Waals surface area contributed by atoms with Crippen LogP contribution in [-0.4, -0.2) is 26.4 Å². The van der Waals surface area contributed by atoms with E-state index in [2.05, 4.69) is 19.9 Å². The van der Waals surface area contributed by atoms with Crippen LogP contribution in [0.2, 0.25) is 0 Å². The van der Waals surface area contributed by atoms with E-state index in [0.717, 1.165) is 30.6 Å². The van der Waals surface area contributed by atoms with E-state index >= 15 is 0 Å². The molecular weight excluding hydrogens is 226 g/mol. The fraction of sp³-hybridized carbons (Fsp3) is 0.600. The number of benzene rings is 1. The number of hydrogen-bond acceptors (Lipinski definition) is 3. The van der Waals surface area contributed by atoms with Crippen LogP contribution in [0.25, 0.3) is 0 Å². The highest BCUT2D eigenvalue weighted by molar-refractivity contribution is 5.37. The Morgan fingerprint density at radius 1 is 1.28 bits per heavy atom. The zero-order chi connectivity index (χ0) is 13.5. The molecule has 1 aromatic carbocycles. The van der Waals surface area contributed by atoms with Gasteiger partial charge in [0.05, 0.1) is 13.2 Å². The van der Waals surface area contributed by atoms with Crippen molar-refractivity contribution in [3.63, 3.8) is 0 Å². The Bertz CT molecular complexity index is 366. The molecule has 0 saturated carbocycles. The van der Waals surface area contributed by atoms with Gasteiger partial charge in [-0.3, -0.25) is 0 Å². The monoisotopic (exact) mass is 251 g/mol. The van der Waals surface area contributed by atoms with E-state index in [1.165, 1.54) is 5.56 Å². The van der Waals surface area contributed by atoms with Crippen molar-refractivity contribution in [2.75, 3.05) is 14.2 Å². The second-order valence-corrected chi connectivity index (χ2v) is 4.75. The molecule has 0 aliphatic carbocycles. The second-order valence-electron chi connectivity index (χ2n) is 4.75. The molecule has 2 N–H and O–H groups in total. The van der Waals surface area contributed by atoms with E-state index in [1.54, 1.807) is 14.2 Å². The summed E-state index contributed by atoms with van der Waals surface area (Å²) in [6, 6.07) is 6.19. The molecule has 1 aromatic rings. The molecule has 2 atom stereocenters. The van der Waals surface area contributed by atoms with Crippen molar-refractivity contribution >= 4 is 0 Å². The average molecular weight is 251 g/mol. The Balaban J connectivity index is 2.79. The van der Waals surface area contributed by atoms with Gasteiger partial charge in [0, 0.05) is 13.2 Å². The summed E-state index contributed by atoms with van der Waals surface area (Å²) in [7, 11) is 3.42. The summed E-state index contributed by atoms with van der Waals surface area (Å²) in [5, 5.41) is 0. The molecule has 0 radical (unpaired) electrons. The molecule has 2 unspecified atom stereocenters. The van der Waals surface area contributed by atoms with Crippen LogP contribution in [0.5, 0.6) is 5.75 Å². The quantitative estimate of drug-likeness (QED) is 0.810. The molecular formula is C15H25NO2. The smallest absolute Gasteiger partial charge is 0.122 e. The van der Waals surface area contributed by atoms with Crippen LogP contribution < -0.4 is 10.5 Å². The minimum absolute atomic E-state index is 0.00523. The van der Waals surface area contributed by atoms with Crippen molar-refractivity contribution in [3.05, 3.63) is 29.3 Å². The molecule has 0 aliphatic rings. The molecule has 0 amide bonds. The van der Waals surface area contributed by atoms with Crippen molar-refractivity contribution in [2.24, 2.45) is 5.73 Å². The van der Waals surface area contributed by atoms with Gasteiger partial charge in [0.1, 0.15) is 5.75 Å². The largest absolute Gasteiger partial charge is 0.496 e. The summed E-state index contributed by atoms with van der Waals surface area (Å²) in [6.07, 6.45) is 2.96. The zero-order valence-electron chi connectivity index (χ0n) is 11.9. The number of aryl methyl sites for hydroxylation is 1. The minimum Gasteiger partial charge on any atom is -0.496 e. The fourth-order valence-electron chi connectivity index (χ4n) is 2.24. The summed E-state index contributed by atoms with van der Waals surface area (Å²) in [5.74, 6) is 0.905. The topological polar surface area (TPSA) is 44.5 Å². The molecule has 18 heavy (non-hydrogen) atoms. The van der Waals surface area contributed by atoms with Crippen molar-refractivity contribution < 1.29 is 9.47 Å². The van der Waals surface area contributed by atoms with Gasteiger partial charge in [-0.2, -0.15) is 0 Å². The van der Waals surface area contributed by atoms with E-state index < -0.39 is 0 Å². The highest BCUT2D eigenvalue weighted by Gasteiger charge is 2.18. The van der Waals surface area contributed by atoms with Crippen LogP contribution in [-0.2, 0) is 11.2 Å². The summed E-state index contributed by atoms with van der Waals surface area (Å²) in [5.41, 5.74) is 8.62. The van der Waals surface area contributed by atoms with Gasteiger partial charge in [-0.05, 0) is 31.4 Å². The van der Waals surface area contributed by atoms with Crippen molar-refractivity contribution in [2.45, 2.75) is 45.3 Å². The van der Waals surface area contributed by atoms with Crippen LogP contribution in [0.3, 0.4) is 0 Å². The lowest BCUT2D eigenvalue weighted by atomic mass is 9.97. The molecule has 3 heteroatoms. The highest BCUT2D eigenvalue weighted by Crippen LogP contribution is 2.22. The van der Waals surface area contributed by atoms with Crippen LogP contribution in [0.4, 0.5) is 0 Å². The second kappa shape index (κ2) is 7.39. The molecule has 1 rings (SSSR count). The third-order valence-electron chi connectivity index (χ3n) is 3.25. The van der Waals surface area contributed by atoms with Crippen LogP contribution in [0.15, 0.2) is 18.2 Å². The molecule has 0 fully saturated rings. The van der Waals surface area contributed by atoms with Crippen LogP contribution in [0, 0.1) is 6.92 Å². The van der Waals surface area contributed by atoms with Crippen LogP contribution in [0.1, 0.15) is 30.9 Å². The standard InChI is InChI=1S/C15H25NO2/c1-5-6-15(18-4)13(16)10-12-9-11(2)7-8-14(12)17-3/h7-9,13,15H,5-6,10,16H2,1-4H3. The molecule has 0 saturated heterocycles. The summed E-state index contributed by atoms with van der Waals surface area (Å²) >= 11 is 0. The van der Waals surface area contributed by atoms with E-state index in [0.29, 0.717) is 0 Å². The summed E-state index contributed by atoms with van der Waals surface area (Å²) < 4.78 is 10.8. The van der Waals surface area contributed by atoms with Crippen molar-refractivity contribution in [3.8, 4) is 5.75 Å². The van der Waals surface area contributed by atoms with Crippen molar-refractivity contribution in [1.82, 2.24) is 0 Å². The Morgan fingerprint density at radius 2 is 2.00 bits per heavy atom. The Morgan fingerprint density at radius 3 is 2.56 bits per heavy atom. The molecule has 0 bridgehead atoms. The number of hydrogen-bond donors (Lipinski definition) is 1. The first-order valence-electron chi connectivity index (χ1n) is 6.54. The first-order chi connectivity index (χ1) is 8.62. The maximum Gasteiger partial charge on any atom is 0.122 e. The predicted molar refractivity (Wildman–Crippen MR) is 75.1 cm³/mol. The van der Waals surface area contributed by atoms with Gasteiger partial charge >= 0.3 is 0 Å². The summed E-state index contributed by atoms with van der Waals surface area (Å²) in [6.45, 7) is 4.22. The van der Waals surface area contributed by atoms with Gasteiger partial charge in [-0.1, -0.05) is 31.0 Å². The first kappa shape index (κ1) is 15.0. The van der Waals surface area contributed by atoms with Gasteiger partial charge < -0.3 is 15.2 Å². The van der Waals surface area contributed by atoms with E-state index in [1.807, 2.05) is 12.1 Å². The van der Waals surface area contributed by atoms with E-state index in [-0.39, 0.29) is 12.1 Å². The molecule has 0 spiro atoms. The maximum absolute atomic E-state index is 6.24. The number of nitrogens with two attached hydrogens (primary N) is 1. The molecule has 3 nitrogen and oxygen atoms in total. The number of ether oxygens (including phenoxy) is 2. The van der Waals surface area contributed by atoms with E-state index in [4.69, 9.17) is 15.2 Å². The Hall–Kier alpha value is -1.06.